The minimum Gasteiger partial charge on any atom is -0.391 e. The van der Waals surface area contributed by atoms with Crippen LogP contribution in [0.15, 0.2) is 23.1 Å². The molecule has 1 aromatic carbocycles. The number of amides is 2. The summed E-state index contributed by atoms with van der Waals surface area (Å²) in [6.45, 7) is 2.41. The van der Waals surface area contributed by atoms with Gasteiger partial charge in [0.25, 0.3) is 0 Å². The normalized spacial score (nSPS) is 15.6. The first-order valence-corrected chi connectivity index (χ1v) is 8.50. The number of hydrogen-bond donors (Lipinski definition) is 2. The maximum Gasteiger partial charge on any atom is 0.321 e. The number of nitrogens with zero attached hydrogens (tertiary/aromatic N) is 1. The molecule has 0 aromatic heterocycles. The van der Waals surface area contributed by atoms with Gasteiger partial charge in [-0.25, -0.2) is 4.79 Å². The molecular weight excluding hydrogens is 308 g/mol. The average molecular weight is 329 g/mol. The van der Waals surface area contributed by atoms with E-state index in [4.69, 9.17) is 11.6 Å². The van der Waals surface area contributed by atoms with E-state index in [1.54, 1.807) is 24.9 Å². The molecule has 1 atom stereocenters. The fourth-order valence-electron chi connectivity index (χ4n) is 2.09. The second-order valence-electron chi connectivity index (χ2n) is 5.29. The number of thioether (sulfide) groups is 1. The van der Waals surface area contributed by atoms with Crippen LogP contribution in [-0.4, -0.2) is 41.5 Å². The van der Waals surface area contributed by atoms with E-state index in [1.165, 1.54) is 4.90 Å². The Labute approximate surface area is 134 Å². The molecule has 2 amide bonds. The van der Waals surface area contributed by atoms with Gasteiger partial charge < -0.3 is 15.3 Å². The van der Waals surface area contributed by atoms with Crippen molar-refractivity contribution >= 4 is 35.1 Å². The molecule has 6 heteroatoms. The number of rotatable bonds is 6. The number of hydrogen-bond acceptors (Lipinski definition) is 3. The van der Waals surface area contributed by atoms with Crippen molar-refractivity contribution in [2.45, 2.75) is 30.8 Å². The predicted octanol–water partition coefficient (Wildman–Crippen LogP) is 3.69. The van der Waals surface area contributed by atoms with Crippen molar-refractivity contribution in [1.29, 1.82) is 0 Å². The molecule has 1 aromatic rings. The Morgan fingerprint density at radius 3 is 2.90 bits per heavy atom. The van der Waals surface area contributed by atoms with E-state index in [9.17, 15) is 9.90 Å². The van der Waals surface area contributed by atoms with E-state index >= 15 is 0 Å². The maximum atomic E-state index is 12.2. The number of urea groups is 1. The van der Waals surface area contributed by atoms with Crippen LogP contribution in [0.4, 0.5) is 10.5 Å². The highest BCUT2D eigenvalue weighted by Crippen LogP contribution is 2.33. The van der Waals surface area contributed by atoms with Crippen LogP contribution in [0.25, 0.3) is 0 Å². The summed E-state index contributed by atoms with van der Waals surface area (Å²) in [5, 5.41) is 13.4. The summed E-state index contributed by atoms with van der Waals surface area (Å²) < 4.78 is 0. The van der Waals surface area contributed by atoms with Gasteiger partial charge in [-0.3, -0.25) is 0 Å². The van der Waals surface area contributed by atoms with Crippen LogP contribution in [0.3, 0.4) is 0 Å². The lowest BCUT2D eigenvalue weighted by molar-refractivity contribution is 0.117. The van der Waals surface area contributed by atoms with E-state index in [1.807, 2.05) is 12.1 Å². The van der Waals surface area contributed by atoms with Crippen LogP contribution >= 0.6 is 23.4 Å². The van der Waals surface area contributed by atoms with Crippen molar-refractivity contribution < 1.29 is 9.90 Å². The molecule has 2 N–H and O–H groups in total. The van der Waals surface area contributed by atoms with E-state index in [0.717, 1.165) is 23.5 Å². The van der Waals surface area contributed by atoms with Crippen molar-refractivity contribution in [3.05, 3.63) is 23.2 Å². The van der Waals surface area contributed by atoms with Gasteiger partial charge in [-0.2, -0.15) is 0 Å². The first kappa shape index (κ1) is 16.5. The molecule has 0 saturated heterocycles. The third-order valence-corrected chi connectivity index (χ3v) is 4.65. The molecule has 1 saturated carbocycles. The van der Waals surface area contributed by atoms with Gasteiger partial charge in [-0.05, 0) is 42.7 Å². The molecule has 0 radical (unpaired) electrons. The summed E-state index contributed by atoms with van der Waals surface area (Å²) in [5.41, 5.74) is 0.715. The SMILES string of the molecule is CCSc1ccc(Cl)cc1NC(=O)N(C)CC(O)C1CC1. The zero-order valence-corrected chi connectivity index (χ0v) is 13.9. The van der Waals surface area contributed by atoms with E-state index < -0.39 is 6.10 Å². The number of likely N-dealkylation sites (N-methyl/N-ethyl adjacent to an activating group) is 1. The van der Waals surface area contributed by atoms with Crippen LogP contribution in [0.5, 0.6) is 0 Å². The Bertz CT molecular complexity index is 508. The molecule has 116 valence electrons. The second-order valence-corrected chi connectivity index (χ2v) is 7.03. The van der Waals surface area contributed by atoms with E-state index in [2.05, 4.69) is 12.2 Å². The summed E-state index contributed by atoms with van der Waals surface area (Å²) in [4.78, 5) is 14.7. The molecule has 0 spiro atoms. The second kappa shape index (κ2) is 7.38. The number of aliphatic hydroxyl groups excluding tert-OH is 1. The van der Waals surface area contributed by atoms with Gasteiger partial charge in [0, 0.05) is 23.5 Å². The molecule has 1 aliphatic carbocycles. The molecule has 21 heavy (non-hydrogen) atoms. The highest BCUT2D eigenvalue weighted by atomic mass is 35.5. The van der Waals surface area contributed by atoms with E-state index in [-0.39, 0.29) is 6.03 Å². The lowest BCUT2D eigenvalue weighted by Crippen LogP contribution is -2.38. The number of anilines is 1. The fraction of sp³-hybridized carbons (Fsp3) is 0.533. The van der Waals surface area contributed by atoms with Gasteiger partial charge in [-0.15, -0.1) is 11.8 Å². The van der Waals surface area contributed by atoms with Crippen molar-refractivity contribution in [1.82, 2.24) is 4.90 Å². The lowest BCUT2D eigenvalue weighted by Gasteiger charge is -2.22. The van der Waals surface area contributed by atoms with Crippen molar-refractivity contribution in [3.63, 3.8) is 0 Å². The first-order valence-electron chi connectivity index (χ1n) is 7.13. The average Bonchev–Trinajstić information content (AvgIpc) is 3.26. The van der Waals surface area contributed by atoms with Crippen molar-refractivity contribution in [3.8, 4) is 0 Å². The minimum atomic E-state index is -0.426. The van der Waals surface area contributed by atoms with Crippen molar-refractivity contribution in [2.24, 2.45) is 5.92 Å². The van der Waals surface area contributed by atoms with Gasteiger partial charge >= 0.3 is 6.03 Å². The van der Waals surface area contributed by atoms with Crippen LogP contribution in [-0.2, 0) is 0 Å². The van der Waals surface area contributed by atoms with Gasteiger partial charge in [0.05, 0.1) is 11.8 Å². The van der Waals surface area contributed by atoms with Gasteiger partial charge in [0.2, 0.25) is 0 Å². The predicted molar refractivity (Wildman–Crippen MR) is 88.2 cm³/mol. The molecule has 4 nitrogen and oxygen atoms in total. The van der Waals surface area contributed by atoms with Gasteiger partial charge in [0.15, 0.2) is 0 Å². The molecular formula is C15H21ClN2O2S. The maximum absolute atomic E-state index is 12.2. The van der Waals surface area contributed by atoms with Gasteiger partial charge in [0.1, 0.15) is 0 Å². The monoisotopic (exact) mass is 328 g/mol. The molecule has 0 bridgehead atoms. The zero-order chi connectivity index (χ0) is 15.4. The number of nitrogens with one attached hydrogen (secondary N) is 1. The number of carbonyl (C=O) groups excluding carboxylic acids is 1. The van der Waals surface area contributed by atoms with Gasteiger partial charge in [-0.1, -0.05) is 18.5 Å². The molecule has 2 rings (SSSR count). The fourth-order valence-corrected chi connectivity index (χ4v) is 3.00. The summed E-state index contributed by atoms with van der Waals surface area (Å²) in [6.07, 6.45) is 1.69. The van der Waals surface area contributed by atoms with E-state index in [0.29, 0.717) is 23.2 Å². The molecule has 1 unspecified atom stereocenters. The third kappa shape index (κ3) is 4.80. The molecule has 1 aliphatic rings. The smallest absolute Gasteiger partial charge is 0.321 e. The highest BCUT2D eigenvalue weighted by Gasteiger charge is 2.31. The number of carbonyl (C=O) groups is 1. The van der Waals surface area contributed by atoms with Crippen LogP contribution in [0, 0.1) is 5.92 Å². The largest absolute Gasteiger partial charge is 0.391 e. The Kier molecular flexibility index (Phi) is 5.79. The van der Waals surface area contributed by atoms with Crippen molar-refractivity contribution in [2.75, 3.05) is 24.7 Å². The first-order chi connectivity index (χ1) is 10.0. The number of halogens is 1. The zero-order valence-electron chi connectivity index (χ0n) is 12.3. The minimum absolute atomic E-state index is 0.227. The molecule has 0 aliphatic heterocycles. The summed E-state index contributed by atoms with van der Waals surface area (Å²) >= 11 is 7.65. The van der Waals surface area contributed by atoms with Crippen LogP contribution in [0.1, 0.15) is 19.8 Å². The number of benzene rings is 1. The standard InChI is InChI=1S/C15H21ClN2O2S/c1-3-21-14-7-6-11(16)8-12(14)17-15(20)18(2)9-13(19)10-4-5-10/h6-8,10,13,19H,3-5,9H2,1-2H3,(H,17,20). The quantitative estimate of drug-likeness (QED) is 0.783. The summed E-state index contributed by atoms with van der Waals surface area (Å²) in [5.74, 6) is 1.28. The summed E-state index contributed by atoms with van der Waals surface area (Å²) in [7, 11) is 1.69. The Hall–Kier alpha value is -0.910. The molecule has 0 heterocycles. The Morgan fingerprint density at radius 1 is 1.57 bits per heavy atom. The van der Waals surface area contributed by atoms with Crippen LogP contribution < -0.4 is 5.32 Å². The Balaban J connectivity index is 1.98. The lowest BCUT2D eigenvalue weighted by atomic mass is 10.2. The summed E-state index contributed by atoms with van der Waals surface area (Å²) in [6, 6.07) is 5.25. The topological polar surface area (TPSA) is 52.6 Å². The third-order valence-electron chi connectivity index (χ3n) is 3.46. The number of aliphatic hydroxyl groups is 1. The van der Waals surface area contributed by atoms with Crippen LogP contribution in [0.2, 0.25) is 5.02 Å². The highest BCUT2D eigenvalue weighted by molar-refractivity contribution is 7.99. The molecule has 1 fully saturated rings. The Morgan fingerprint density at radius 2 is 2.29 bits per heavy atom.